The minimum Gasteiger partial charge on any atom is -0.393 e. The molecule has 4 heteroatoms. The molecule has 6 atom stereocenters. The van der Waals surface area contributed by atoms with Crippen molar-refractivity contribution in [3.63, 3.8) is 0 Å². The summed E-state index contributed by atoms with van der Waals surface area (Å²) < 4.78 is 6.30. The Morgan fingerprint density at radius 1 is 1.31 bits per heavy atom. The summed E-state index contributed by atoms with van der Waals surface area (Å²) in [5, 5.41) is 19.7. The molecule has 0 aromatic rings. The van der Waals surface area contributed by atoms with Gasteiger partial charge in [0.15, 0.2) is 5.78 Å². The third-order valence-electron chi connectivity index (χ3n) is 6.65. The van der Waals surface area contributed by atoms with Crippen LogP contribution >= 0.6 is 0 Å². The number of carbonyl (C=O) groups excluding carboxylic acids is 1. The van der Waals surface area contributed by atoms with Crippen molar-refractivity contribution in [3.05, 3.63) is 47.1 Å². The molecule has 4 nitrogen and oxygen atoms in total. The smallest absolute Gasteiger partial charge is 0.181 e. The van der Waals surface area contributed by atoms with E-state index in [0.29, 0.717) is 6.42 Å². The van der Waals surface area contributed by atoms with Crippen molar-refractivity contribution in [2.45, 2.75) is 91.6 Å². The quantitative estimate of drug-likeness (QED) is 0.479. The normalized spacial score (nSPS) is 31.0. The Kier molecular flexibility index (Phi) is 8.21. The van der Waals surface area contributed by atoms with Crippen LogP contribution in [-0.2, 0) is 9.53 Å². The zero-order valence-electron chi connectivity index (χ0n) is 18.8. The van der Waals surface area contributed by atoms with Crippen molar-refractivity contribution >= 4 is 5.78 Å². The Labute approximate surface area is 176 Å². The number of fused-ring (bicyclic) bond motifs is 1. The molecule has 0 saturated heterocycles. The van der Waals surface area contributed by atoms with E-state index in [1.165, 1.54) is 5.57 Å². The summed E-state index contributed by atoms with van der Waals surface area (Å²) >= 11 is 0. The van der Waals surface area contributed by atoms with E-state index >= 15 is 0 Å². The summed E-state index contributed by atoms with van der Waals surface area (Å²) in [4.78, 5) is 12.4. The van der Waals surface area contributed by atoms with Crippen molar-refractivity contribution in [1.82, 2.24) is 0 Å². The second-order valence-electron chi connectivity index (χ2n) is 9.20. The highest BCUT2D eigenvalue weighted by Crippen LogP contribution is 2.52. The SMILES string of the molecule is CC(C)=C1CC2(C)C(=CC1=O)CCC(OC(C)C(O)/C=C/C=C/CC(C)O)C2C. The van der Waals surface area contributed by atoms with Crippen LogP contribution in [0.1, 0.15) is 67.2 Å². The number of rotatable bonds is 7. The first-order chi connectivity index (χ1) is 13.6. The molecule has 2 N–H and O–H groups in total. The summed E-state index contributed by atoms with van der Waals surface area (Å²) in [5.74, 6) is 0.427. The van der Waals surface area contributed by atoms with Crippen LogP contribution in [0, 0.1) is 11.3 Å². The summed E-state index contributed by atoms with van der Waals surface area (Å²) in [6.45, 7) is 12.1. The molecule has 0 heterocycles. The maximum Gasteiger partial charge on any atom is 0.181 e. The molecule has 6 unspecified atom stereocenters. The molecule has 0 amide bonds. The highest BCUT2D eigenvalue weighted by molar-refractivity contribution is 6.06. The number of hydrogen-bond donors (Lipinski definition) is 2. The van der Waals surface area contributed by atoms with Gasteiger partial charge in [0.25, 0.3) is 0 Å². The van der Waals surface area contributed by atoms with Crippen molar-refractivity contribution in [1.29, 1.82) is 0 Å². The monoisotopic (exact) mass is 402 g/mol. The topological polar surface area (TPSA) is 66.8 Å². The van der Waals surface area contributed by atoms with Crippen molar-refractivity contribution < 1.29 is 19.7 Å². The molecule has 1 saturated carbocycles. The number of hydrogen-bond acceptors (Lipinski definition) is 4. The fourth-order valence-electron chi connectivity index (χ4n) is 4.40. The van der Waals surface area contributed by atoms with E-state index < -0.39 is 6.10 Å². The van der Waals surface area contributed by atoms with Crippen molar-refractivity contribution in [3.8, 4) is 0 Å². The van der Waals surface area contributed by atoms with E-state index in [4.69, 9.17) is 4.74 Å². The molecule has 0 aromatic heterocycles. The largest absolute Gasteiger partial charge is 0.393 e. The Balaban J connectivity index is 2.03. The fourth-order valence-corrected chi connectivity index (χ4v) is 4.40. The Bertz CT molecular complexity index is 708. The lowest BCUT2D eigenvalue weighted by Crippen LogP contribution is -2.46. The first-order valence-electron chi connectivity index (χ1n) is 10.8. The average molecular weight is 403 g/mol. The van der Waals surface area contributed by atoms with E-state index in [2.05, 4.69) is 13.8 Å². The number of aliphatic hydroxyl groups excluding tert-OH is 2. The Morgan fingerprint density at radius 3 is 2.62 bits per heavy atom. The predicted molar refractivity (Wildman–Crippen MR) is 118 cm³/mol. The fraction of sp³-hybridized carbons (Fsp3) is 0.640. The molecule has 1 fully saturated rings. The molecule has 0 spiro atoms. The minimum atomic E-state index is -0.690. The Hall–Kier alpha value is -1.49. The van der Waals surface area contributed by atoms with E-state index in [1.54, 1.807) is 19.1 Å². The van der Waals surface area contributed by atoms with Gasteiger partial charge in [-0.2, -0.15) is 0 Å². The lowest BCUT2D eigenvalue weighted by molar-refractivity contribution is -0.115. The van der Waals surface area contributed by atoms with Crippen molar-refractivity contribution in [2.75, 3.05) is 0 Å². The molecule has 162 valence electrons. The molecule has 0 aromatic carbocycles. The van der Waals surface area contributed by atoms with E-state index in [0.717, 1.165) is 30.4 Å². The molecular formula is C25H38O4. The Morgan fingerprint density at radius 2 is 2.00 bits per heavy atom. The summed E-state index contributed by atoms with van der Waals surface area (Å²) in [6, 6.07) is 0. The van der Waals surface area contributed by atoms with Crippen LogP contribution in [0.3, 0.4) is 0 Å². The third kappa shape index (κ3) is 5.78. The number of ketones is 1. The molecule has 2 aliphatic rings. The van der Waals surface area contributed by atoms with Gasteiger partial charge in [0.05, 0.1) is 24.4 Å². The summed E-state index contributed by atoms with van der Waals surface area (Å²) in [7, 11) is 0. The zero-order chi connectivity index (χ0) is 21.8. The predicted octanol–water partition coefficient (Wildman–Crippen LogP) is 4.68. The van der Waals surface area contributed by atoms with Gasteiger partial charge in [-0.3, -0.25) is 4.79 Å². The highest BCUT2D eigenvalue weighted by Gasteiger charge is 2.47. The van der Waals surface area contributed by atoms with Gasteiger partial charge in [-0.15, -0.1) is 0 Å². The van der Waals surface area contributed by atoms with Crippen LogP contribution in [0.2, 0.25) is 0 Å². The standard InChI is InChI=1S/C25H38O4/c1-16(2)21-15-25(6)18(4)24(13-12-20(25)14-23(21)28)29-19(5)22(27)11-9-7-8-10-17(3)26/h7-9,11,14,17-19,22,24,26-27H,10,12-13,15H2,1-6H3/b8-7+,11-9+. The minimum absolute atomic E-state index is 0.0487. The third-order valence-corrected chi connectivity index (χ3v) is 6.65. The molecule has 0 radical (unpaired) electrons. The second-order valence-corrected chi connectivity index (χ2v) is 9.20. The van der Waals surface area contributed by atoms with Crippen molar-refractivity contribution in [2.24, 2.45) is 11.3 Å². The second kappa shape index (κ2) is 10.0. The summed E-state index contributed by atoms with van der Waals surface area (Å²) in [5.41, 5.74) is 3.20. The maximum atomic E-state index is 12.4. The zero-order valence-corrected chi connectivity index (χ0v) is 18.8. The van der Waals surface area contributed by atoms with Gasteiger partial charge in [-0.25, -0.2) is 0 Å². The van der Waals surface area contributed by atoms with Gasteiger partial charge in [0, 0.05) is 0 Å². The first kappa shape index (κ1) is 23.8. The maximum absolute atomic E-state index is 12.4. The summed E-state index contributed by atoms with van der Waals surface area (Å²) in [6.07, 6.45) is 10.9. The van der Waals surface area contributed by atoms with Gasteiger partial charge in [-0.05, 0) is 76.4 Å². The van der Waals surface area contributed by atoms with Crippen LogP contribution < -0.4 is 0 Å². The van der Waals surface area contributed by atoms with Gasteiger partial charge in [0.1, 0.15) is 0 Å². The van der Waals surface area contributed by atoms with Crippen LogP contribution in [0.5, 0.6) is 0 Å². The van der Waals surface area contributed by atoms with Gasteiger partial charge < -0.3 is 14.9 Å². The lowest BCUT2D eigenvalue weighted by Gasteiger charge is -2.49. The van der Waals surface area contributed by atoms with Crippen LogP contribution in [0.4, 0.5) is 0 Å². The lowest BCUT2D eigenvalue weighted by atomic mass is 9.58. The molecule has 29 heavy (non-hydrogen) atoms. The van der Waals surface area contributed by atoms with E-state index in [1.807, 2.05) is 39.0 Å². The molecule has 2 rings (SSSR count). The van der Waals surface area contributed by atoms with Crippen LogP contribution in [0.15, 0.2) is 47.1 Å². The van der Waals surface area contributed by atoms with Crippen LogP contribution in [0.25, 0.3) is 0 Å². The molecular weight excluding hydrogens is 364 g/mol. The number of aliphatic hydroxyl groups is 2. The first-order valence-corrected chi connectivity index (χ1v) is 10.8. The molecule has 2 aliphatic carbocycles. The number of ether oxygens (including phenoxy) is 1. The average Bonchev–Trinajstić information content (AvgIpc) is 2.64. The highest BCUT2D eigenvalue weighted by atomic mass is 16.5. The van der Waals surface area contributed by atoms with E-state index in [-0.39, 0.29) is 35.4 Å². The van der Waals surface area contributed by atoms with Crippen LogP contribution in [-0.4, -0.2) is 40.4 Å². The molecule has 0 aliphatic heterocycles. The molecule has 0 bridgehead atoms. The number of allylic oxidation sites excluding steroid dienone is 6. The van der Waals surface area contributed by atoms with E-state index in [9.17, 15) is 15.0 Å². The number of carbonyl (C=O) groups is 1. The van der Waals surface area contributed by atoms with Gasteiger partial charge >= 0.3 is 0 Å². The van der Waals surface area contributed by atoms with Gasteiger partial charge in [-0.1, -0.05) is 49.3 Å². The van der Waals surface area contributed by atoms with Gasteiger partial charge in [0.2, 0.25) is 0 Å².